The van der Waals surface area contributed by atoms with Crippen LogP contribution in [0.2, 0.25) is 0 Å². The van der Waals surface area contributed by atoms with E-state index in [0.29, 0.717) is 12.1 Å². The molecule has 0 bridgehead atoms. The Morgan fingerprint density at radius 2 is 1.96 bits per heavy atom. The lowest BCUT2D eigenvalue weighted by molar-refractivity contribution is -0.274. The smallest absolute Gasteiger partial charge is 0.406 e. The Morgan fingerprint density at radius 3 is 2.68 bits per heavy atom. The summed E-state index contributed by atoms with van der Waals surface area (Å²) in [7, 11) is 0. The van der Waals surface area contributed by atoms with E-state index in [0.717, 1.165) is 39.1 Å². The minimum Gasteiger partial charge on any atom is -0.406 e. The van der Waals surface area contributed by atoms with Crippen LogP contribution in [0, 0.1) is 0 Å². The summed E-state index contributed by atoms with van der Waals surface area (Å²) in [5.74, 6) is -0.413. The van der Waals surface area contributed by atoms with E-state index >= 15 is 0 Å². The van der Waals surface area contributed by atoms with E-state index < -0.39 is 6.36 Å². The minimum absolute atomic E-state index is 0.131. The molecule has 1 aliphatic rings. The van der Waals surface area contributed by atoms with Gasteiger partial charge in [-0.25, -0.2) is 0 Å². The fourth-order valence-corrected chi connectivity index (χ4v) is 2.74. The molecule has 0 aromatic heterocycles. The average molecular weight is 359 g/mol. The minimum atomic E-state index is -4.73. The highest BCUT2D eigenvalue weighted by Gasteiger charge is 2.31. The van der Waals surface area contributed by atoms with Gasteiger partial charge in [0, 0.05) is 39.1 Å². The van der Waals surface area contributed by atoms with Gasteiger partial charge in [-0.05, 0) is 31.0 Å². The summed E-state index contributed by atoms with van der Waals surface area (Å²) < 4.78 is 41.1. The van der Waals surface area contributed by atoms with Gasteiger partial charge in [0.25, 0.3) is 0 Å². The Bertz CT molecular complexity index is 546. The number of alkyl halides is 3. The number of nitrogens with zero attached hydrogens (tertiary/aromatic N) is 1. The van der Waals surface area contributed by atoms with Gasteiger partial charge < -0.3 is 20.3 Å². The molecule has 2 N–H and O–H groups in total. The molecular formula is C17H24F3N3O2. The monoisotopic (exact) mass is 359 g/mol. The van der Waals surface area contributed by atoms with Crippen LogP contribution in [-0.2, 0) is 11.2 Å². The van der Waals surface area contributed by atoms with Gasteiger partial charge in [-0.2, -0.15) is 0 Å². The third kappa shape index (κ3) is 7.74. The molecule has 5 nitrogen and oxygen atoms in total. The zero-order chi connectivity index (χ0) is 18.1. The predicted molar refractivity (Wildman–Crippen MR) is 88.4 cm³/mol. The number of para-hydroxylation sites is 1. The molecule has 1 aromatic rings. The number of aryl methyl sites for hydroxylation is 1. The van der Waals surface area contributed by atoms with Crippen LogP contribution in [-0.4, -0.2) is 56.4 Å². The Balaban J connectivity index is 1.67. The molecule has 8 heteroatoms. The third-order valence-corrected chi connectivity index (χ3v) is 4.00. The van der Waals surface area contributed by atoms with E-state index in [1.54, 1.807) is 12.1 Å². The van der Waals surface area contributed by atoms with Crippen molar-refractivity contribution in [1.82, 2.24) is 15.5 Å². The number of rotatable bonds is 8. The SMILES string of the molecule is O=C(CCc1ccccc1OC(F)(F)F)NCCCN1CCNCC1. The van der Waals surface area contributed by atoms with Crippen LogP contribution in [0.3, 0.4) is 0 Å². The van der Waals surface area contributed by atoms with Crippen LogP contribution < -0.4 is 15.4 Å². The highest BCUT2D eigenvalue weighted by Crippen LogP contribution is 2.26. The number of hydrogen-bond acceptors (Lipinski definition) is 4. The number of carbonyl (C=O) groups is 1. The van der Waals surface area contributed by atoms with Crippen molar-refractivity contribution in [2.75, 3.05) is 39.3 Å². The van der Waals surface area contributed by atoms with Crippen LogP contribution in [0.5, 0.6) is 5.75 Å². The van der Waals surface area contributed by atoms with Crippen molar-refractivity contribution in [1.29, 1.82) is 0 Å². The first-order valence-electron chi connectivity index (χ1n) is 8.47. The Hall–Kier alpha value is -1.80. The van der Waals surface area contributed by atoms with Crippen molar-refractivity contribution in [2.24, 2.45) is 0 Å². The summed E-state index contributed by atoms with van der Waals surface area (Å²) in [4.78, 5) is 14.2. The lowest BCUT2D eigenvalue weighted by Crippen LogP contribution is -2.44. The topological polar surface area (TPSA) is 53.6 Å². The first-order valence-corrected chi connectivity index (χ1v) is 8.47. The number of ether oxygens (including phenoxy) is 1. The van der Waals surface area contributed by atoms with Gasteiger partial charge in [-0.15, -0.1) is 13.2 Å². The lowest BCUT2D eigenvalue weighted by atomic mass is 10.1. The molecule has 0 unspecified atom stereocenters. The molecule has 1 heterocycles. The van der Waals surface area contributed by atoms with E-state index in [-0.39, 0.29) is 24.5 Å². The molecule has 1 fully saturated rings. The zero-order valence-electron chi connectivity index (χ0n) is 14.1. The van der Waals surface area contributed by atoms with Crippen molar-refractivity contribution < 1.29 is 22.7 Å². The maximum absolute atomic E-state index is 12.4. The molecular weight excluding hydrogens is 335 g/mol. The molecule has 25 heavy (non-hydrogen) atoms. The summed E-state index contributed by atoms with van der Waals surface area (Å²) in [6.45, 7) is 5.53. The Labute approximate surface area is 145 Å². The summed E-state index contributed by atoms with van der Waals surface area (Å²) in [6, 6.07) is 5.90. The van der Waals surface area contributed by atoms with Gasteiger partial charge in [-0.3, -0.25) is 4.79 Å². The fourth-order valence-electron chi connectivity index (χ4n) is 2.74. The van der Waals surface area contributed by atoms with Crippen LogP contribution in [0.15, 0.2) is 24.3 Å². The normalized spacial score (nSPS) is 15.8. The molecule has 0 saturated carbocycles. The molecule has 0 radical (unpaired) electrons. The number of halogens is 3. The largest absolute Gasteiger partial charge is 0.573 e. The lowest BCUT2D eigenvalue weighted by Gasteiger charge is -2.27. The molecule has 0 aliphatic carbocycles. The second kappa shape index (κ2) is 9.62. The first-order chi connectivity index (χ1) is 11.9. The van der Waals surface area contributed by atoms with Crippen molar-refractivity contribution in [3.63, 3.8) is 0 Å². The van der Waals surface area contributed by atoms with E-state index in [4.69, 9.17) is 0 Å². The van der Waals surface area contributed by atoms with E-state index in [9.17, 15) is 18.0 Å². The number of nitrogens with one attached hydrogen (secondary N) is 2. The van der Waals surface area contributed by atoms with Crippen LogP contribution in [0.4, 0.5) is 13.2 Å². The molecule has 0 spiro atoms. The quantitative estimate of drug-likeness (QED) is 0.697. The van der Waals surface area contributed by atoms with Gasteiger partial charge in [0.15, 0.2) is 0 Å². The summed E-state index contributed by atoms with van der Waals surface area (Å²) in [6.07, 6.45) is -3.54. The number of amides is 1. The molecule has 1 saturated heterocycles. The van der Waals surface area contributed by atoms with Crippen molar-refractivity contribution >= 4 is 5.91 Å². The summed E-state index contributed by atoms with van der Waals surface area (Å²) >= 11 is 0. The zero-order valence-corrected chi connectivity index (χ0v) is 14.1. The first kappa shape index (κ1) is 19.5. The Morgan fingerprint density at radius 1 is 1.24 bits per heavy atom. The molecule has 1 amide bonds. The standard InChI is InChI=1S/C17H24F3N3O2/c18-17(19,20)25-15-5-2-1-4-14(15)6-7-16(24)22-8-3-11-23-12-9-21-10-13-23/h1-2,4-5,21H,3,6-13H2,(H,22,24). The number of hydrogen-bond donors (Lipinski definition) is 2. The molecule has 1 aromatic carbocycles. The third-order valence-electron chi connectivity index (χ3n) is 4.00. The summed E-state index contributed by atoms with van der Waals surface area (Å²) in [5, 5.41) is 6.10. The van der Waals surface area contributed by atoms with Gasteiger partial charge in [0.2, 0.25) is 5.91 Å². The predicted octanol–water partition coefficient (Wildman–Crippen LogP) is 1.93. The van der Waals surface area contributed by atoms with E-state index in [1.165, 1.54) is 12.1 Å². The van der Waals surface area contributed by atoms with Gasteiger partial charge >= 0.3 is 6.36 Å². The number of benzene rings is 1. The Kier molecular flexibility index (Phi) is 7.52. The molecule has 0 atom stereocenters. The van der Waals surface area contributed by atoms with Gasteiger partial charge in [0.05, 0.1) is 0 Å². The summed E-state index contributed by atoms with van der Waals surface area (Å²) in [5.41, 5.74) is 0.371. The van der Waals surface area contributed by atoms with Crippen LogP contribution in [0.25, 0.3) is 0 Å². The van der Waals surface area contributed by atoms with Crippen molar-refractivity contribution in [3.8, 4) is 5.75 Å². The van der Waals surface area contributed by atoms with Crippen molar-refractivity contribution in [2.45, 2.75) is 25.6 Å². The van der Waals surface area contributed by atoms with E-state index in [2.05, 4.69) is 20.3 Å². The van der Waals surface area contributed by atoms with Crippen LogP contribution in [0.1, 0.15) is 18.4 Å². The molecule has 1 aliphatic heterocycles. The highest BCUT2D eigenvalue weighted by molar-refractivity contribution is 5.76. The molecule has 2 rings (SSSR count). The maximum Gasteiger partial charge on any atom is 0.573 e. The maximum atomic E-state index is 12.4. The fraction of sp³-hybridized carbons (Fsp3) is 0.588. The van der Waals surface area contributed by atoms with Crippen molar-refractivity contribution in [3.05, 3.63) is 29.8 Å². The number of carbonyl (C=O) groups excluding carboxylic acids is 1. The van der Waals surface area contributed by atoms with Gasteiger partial charge in [-0.1, -0.05) is 18.2 Å². The average Bonchev–Trinajstić information content (AvgIpc) is 2.57. The van der Waals surface area contributed by atoms with Crippen LogP contribution >= 0.6 is 0 Å². The second-order valence-electron chi connectivity index (χ2n) is 5.95. The highest BCUT2D eigenvalue weighted by atomic mass is 19.4. The van der Waals surface area contributed by atoms with Gasteiger partial charge in [0.1, 0.15) is 5.75 Å². The molecule has 140 valence electrons. The van der Waals surface area contributed by atoms with E-state index in [1.807, 2.05) is 0 Å². The second-order valence-corrected chi connectivity index (χ2v) is 5.95. The number of piperazine rings is 1.